The van der Waals surface area contributed by atoms with E-state index >= 15 is 0 Å². The van der Waals surface area contributed by atoms with Crippen LogP contribution in [0, 0.1) is 11.3 Å². The molecule has 2 fully saturated rings. The van der Waals surface area contributed by atoms with Gasteiger partial charge in [0.05, 0.1) is 43.9 Å². The molecule has 2 N–H and O–H groups in total. The first kappa shape index (κ1) is 34.4. The molecule has 1 aliphatic heterocycles. The monoisotopic (exact) mass is 696 g/mol. The number of aliphatic imine (C=N–C) groups is 1. The molecule has 2 heterocycles. The highest BCUT2D eigenvalue weighted by Gasteiger charge is 2.41. The van der Waals surface area contributed by atoms with Crippen LogP contribution in [0.4, 0.5) is 30.5 Å². The van der Waals surface area contributed by atoms with Crippen LogP contribution in [-0.2, 0) is 18.4 Å². The van der Waals surface area contributed by atoms with E-state index in [4.69, 9.17) is 28.2 Å². The van der Waals surface area contributed by atoms with Crippen LogP contribution in [0.2, 0.25) is 10.0 Å². The topological polar surface area (TPSA) is 91.6 Å². The molecule has 5 rings (SSSR count). The number of aryl methyl sites for hydroxylation is 1. The minimum Gasteiger partial charge on any atom is -0.369 e. The number of nitrogens with one attached hydrogen (secondary N) is 2. The molecule has 1 saturated heterocycles. The number of benzene rings is 2. The van der Waals surface area contributed by atoms with E-state index in [1.165, 1.54) is 0 Å². The maximum Gasteiger partial charge on any atom is 0.391 e. The fourth-order valence-corrected chi connectivity index (χ4v) is 7.00. The van der Waals surface area contributed by atoms with Gasteiger partial charge in [-0.15, -0.1) is 0 Å². The van der Waals surface area contributed by atoms with Crippen molar-refractivity contribution in [3.8, 4) is 0 Å². The summed E-state index contributed by atoms with van der Waals surface area (Å²) >= 11 is 15.2. The normalized spacial score (nSPS) is 17.7. The maximum absolute atomic E-state index is 13.6. The van der Waals surface area contributed by atoms with Crippen molar-refractivity contribution in [1.82, 2.24) is 14.9 Å². The number of halogens is 5. The zero-order valence-corrected chi connectivity index (χ0v) is 28.5. The first-order valence-corrected chi connectivity index (χ1v) is 17.1. The molecular weight excluding hydrogens is 660 g/mol. The quantitative estimate of drug-likeness (QED) is 0.270. The number of alkyl halides is 3. The van der Waals surface area contributed by atoms with E-state index in [2.05, 4.69) is 20.5 Å². The number of hydrogen-bond acceptors (Lipinski definition) is 6. The number of thioether (sulfide) groups is 1. The van der Waals surface area contributed by atoms with Crippen molar-refractivity contribution in [2.45, 2.75) is 59.2 Å². The zero-order valence-electron chi connectivity index (χ0n) is 26.2. The number of imidazole rings is 1. The van der Waals surface area contributed by atoms with Crippen LogP contribution in [0.25, 0.3) is 11.0 Å². The van der Waals surface area contributed by atoms with Gasteiger partial charge in [-0.1, -0.05) is 50.0 Å². The summed E-state index contributed by atoms with van der Waals surface area (Å²) in [6.07, 6.45) is -4.06. The van der Waals surface area contributed by atoms with E-state index < -0.39 is 23.4 Å². The predicted octanol–water partition coefficient (Wildman–Crippen LogP) is 8.17. The minimum atomic E-state index is -4.23. The molecule has 8 nitrogen and oxygen atoms in total. The van der Waals surface area contributed by atoms with Crippen molar-refractivity contribution >= 4 is 80.8 Å². The standard InChI is InChI=1S/C32H37Cl2F3N6O2S/c1-31(2,3)29(45)38-17-18-5-10-22(33)27(26(18)34)41-30-40-23-15-21(24(16-25(23)42(30)4)43-11-13-46-14-12-43)28(44)39-20-8-6-19(7-9-20)32(35,36)37/h5,10,15-16,19H,6-9,11-14,17H2,1-4H3,(H,38,45)(H,40,41). The zero-order chi connectivity index (χ0) is 33.4. The summed E-state index contributed by atoms with van der Waals surface area (Å²) in [5.41, 5.74) is 3.41. The fourth-order valence-electron chi connectivity index (χ4n) is 5.57. The molecule has 1 aromatic heterocycles. The number of anilines is 3. The molecule has 248 valence electrons. The lowest BCUT2D eigenvalue weighted by molar-refractivity contribution is -0.178. The van der Waals surface area contributed by atoms with Gasteiger partial charge in [0.25, 0.3) is 5.91 Å². The van der Waals surface area contributed by atoms with Crippen LogP contribution < -0.4 is 15.5 Å². The number of amides is 2. The maximum atomic E-state index is 13.6. The highest BCUT2D eigenvalue weighted by molar-refractivity contribution is 7.99. The van der Waals surface area contributed by atoms with Gasteiger partial charge in [0.1, 0.15) is 0 Å². The second-order valence-corrected chi connectivity index (χ2v) is 14.7. The lowest BCUT2D eigenvalue weighted by atomic mass is 9.87. The summed E-state index contributed by atoms with van der Waals surface area (Å²) in [6, 6.07) is 7.07. The third-order valence-corrected chi connectivity index (χ3v) is 10.1. The second kappa shape index (κ2) is 13.6. The number of rotatable bonds is 6. The Hall–Kier alpha value is -2.96. The summed E-state index contributed by atoms with van der Waals surface area (Å²) in [7, 11) is 1.84. The molecule has 2 aliphatic rings. The molecule has 14 heteroatoms. The van der Waals surface area contributed by atoms with Gasteiger partial charge in [-0.2, -0.15) is 24.9 Å². The van der Waals surface area contributed by atoms with Crippen LogP contribution in [0.5, 0.6) is 0 Å². The molecule has 0 atom stereocenters. The number of aromatic nitrogens is 2. The van der Waals surface area contributed by atoms with Crippen molar-refractivity contribution in [2.24, 2.45) is 23.4 Å². The van der Waals surface area contributed by atoms with Gasteiger partial charge in [0, 0.05) is 49.3 Å². The van der Waals surface area contributed by atoms with Gasteiger partial charge in [-0.3, -0.25) is 9.59 Å². The molecule has 0 radical (unpaired) electrons. The SMILES string of the molecule is Cn1c(Nc2c(Cl)ccc(CNC(=O)C(C)(C)C)c2Cl)nc2cc(C(=O)N=C3CCC(C(F)(F)F)CC3)c(N3CCSCC3)cc21. The Labute approximate surface area is 280 Å². The lowest BCUT2D eigenvalue weighted by Crippen LogP contribution is -2.34. The van der Waals surface area contributed by atoms with E-state index in [1.54, 1.807) is 18.2 Å². The van der Waals surface area contributed by atoms with Crippen LogP contribution in [0.3, 0.4) is 0 Å². The van der Waals surface area contributed by atoms with E-state index in [-0.39, 0.29) is 38.1 Å². The number of fused-ring (bicyclic) bond motifs is 1. The summed E-state index contributed by atoms with van der Waals surface area (Å²) in [5, 5.41) is 6.84. The first-order chi connectivity index (χ1) is 21.6. The summed E-state index contributed by atoms with van der Waals surface area (Å²) in [5.74, 6) is 0.282. The third-order valence-electron chi connectivity index (χ3n) is 8.39. The predicted molar refractivity (Wildman–Crippen MR) is 181 cm³/mol. The molecule has 0 unspecified atom stereocenters. The van der Waals surface area contributed by atoms with Crippen molar-refractivity contribution in [2.75, 3.05) is 34.8 Å². The number of carbonyl (C=O) groups is 2. The van der Waals surface area contributed by atoms with Gasteiger partial charge >= 0.3 is 6.18 Å². The Balaban J connectivity index is 1.46. The Morgan fingerprint density at radius 2 is 1.76 bits per heavy atom. The average molecular weight is 698 g/mol. The van der Waals surface area contributed by atoms with E-state index in [1.807, 2.05) is 50.2 Å². The molecule has 1 aliphatic carbocycles. The molecular formula is C32H37Cl2F3N6O2S. The molecule has 1 saturated carbocycles. The van der Waals surface area contributed by atoms with Crippen LogP contribution in [0.15, 0.2) is 29.3 Å². The smallest absolute Gasteiger partial charge is 0.369 e. The Morgan fingerprint density at radius 3 is 2.39 bits per heavy atom. The van der Waals surface area contributed by atoms with Crippen molar-refractivity contribution in [3.05, 3.63) is 45.4 Å². The molecule has 46 heavy (non-hydrogen) atoms. The first-order valence-electron chi connectivity index (χ1n) is 15.2. The second-order valence-electron chi connectivity index (χ2n) is 12.7. The molecule has 0 bridgehead atoms. The summed E-state index contributed by atoms with van der Waals surface area (Å²) < 4.78 is 41.4. The largest absolute Gasteiger partial charge is 0.391 e. The molecule has 0 spiro atoms. The molecule has 2 aromatic carbocycles. The van der Waals surface area contributed by atoms with E-state index in [0.29, 0.717) is 49.7 Å². The minimum absolute atomic E-state index is 0.0601. The Kier molecular flexibility index (Phi) is 10.2. The summed E-state index contributed by atoms with van der Waals surface area (Å²) in [6.45, 7) is 7.18. The van der Waals surface area contributed by atoms with Gasteiger partial charge in [0.15, 0.2) is 0 Å². The lowest BCUT2D eigenvalue weighted by Gasteiger charge is -2.30. The van der Waals surface area contributed by atoms with E-state index in [0.717, 1.165) is 30.1 Å². The van der Waals surface area contributed by atoms with Gasteiger partial charge in [-0.25, -0.2) is 9.98 Å². The number of nitrogens with zero attached hydrogens (tertiary/aromatic N) is 4. The van der Waals surface area contributed by atoms with Gasteiger partial charge in [0.2, 0.25) is 11.9 Å². The highest BCUT2D eigenvalue weighted by Crippen LogP contribution is 2.39. The van der Waals surface area contributed by atoms with E-state index in [9.17, 15) is 22.8 Å². The van der Waals surface area contributed by atoms with Crippen LogP contribution >= 0.6 is 35.0 Å². The number of carbonyl (C=O) groups excluding carboxylic acids is 2. The number of hydrogen-bond donors (Lipinski definition) is 2. The average Bonchev–Trinajstić information content (AvgIpc) is 3.31. The Bertz CT molecular complexity index is 1670. The Morgan fingerprint density at radius 1 is 1.09 bits per heavy atom. The molecule has 3 aromatic rings. The van der Waals surface area contributed by atoms with Crippen molar-refractivity contribution < 1.29 is 22.8 Å². The van der Waals surface area contributed by atoms with Crippen molar-refractivity contribution in [3.63, 3.8) is 0 Å². The third kappa shape index (κ3) is 7.60. The van der Waals surface area contributed by atoms with Gasteiger partial charge < -0.3 is 20.1 Å². The highest BCUT2D eigenvalue weighted by atomic mass is 35.5. The summed E-state index contributed by atoms with van der Waals surface area (Å²) in [4.78, 5) is 37.3. The fraction of sp³-hybridized carbons (Fsp3) is 0.500. The van der Waals surface area contributed by atoms with Crippen molar-refractivity contribution in [1.29, 1.82) is 0 Å². The van der Waals surface area contributed by atoms with Crippen LogP contribution in [0.1, 0.15) is 62.4 Å². The molecule has 2 amide bonds. The van der Waals surface area contributed by atoms with Crippen LogP contribution in [-0.4, -0.2) is 57.8 Å². The van der Waals surface area contributed by atoms with Gasteiger partial charge in [-0.05, 0) is 49.4 Å².